The molecule has 0 amide bonds. The van der Waals surface area contributed by atoms with Gasteiger partial charge in [-0.1, -0.05) is 6.92 Å². The summed E-state index contributed by atoms with van der Waals surface area (Å²) in [5.41, 5.74) is 0. The Kier molecular flexibility index (Phi) is 9.83. The summed E-state index contributed by atoms with van der Waals surface area (Å²) in [7, 11) is 4.17. The number of hydrogen-bond acceptors (Lipinski definition) is 1. The Labute approximate surface area is 58.0 Å². The third-order valence-corrected chi connectivity index (χ3v) is 0.671. The predicted molar refractivity (Wildman–Crippen MR) is 28.8 cm³/mol. The van der Waals surface area contributed by atoms with Crippen molar-refractivity contribution >= 4 is 0 Å². The van der Waals surface area contributed by atoms with Gasteiger partial charge in [-0.05, 0) is 27.1 Å². The average Bonchev–Trinajstić information content (AvgIpc) is 1.35. The fraction of sp³-hybridized carbons (Fsp3) is 1.00. The first-order chi connectivity index (χ1) is 2.77. The Morgan fingerprint density at radius 3 is 1.71 bits per heavy atom. The number of hydrogen-bond donors (Lipinski definition) is 0. The van der Waals surface area contributed by atoms with Crippen molar-refractivity contribution in [3.8, 4) is 0 Å². The summed E-state index contributed by atoms with van der Waals surface area (Å²) in [6.45, 7) is 3.39. The fourth-order valence-corrected chi connectivity index (χ4v) is 0.447. The normalized spacial score (nSPS) is 8.57. The molecule has 0 saturated heterocycles. The van der Waals surface area contributed by atoms with Crippen molar-refractivity contribution in [2.24, 2.45) is 0 Å². The molecule has 0 atom stereocenters. The van der Waals surface area contributed by atoms with E-state index >= 15 is 0 Å². The first kappa shape index (κ1) is 10.5. The Morgan fingerprint density at radius 2 is 1.71 bits per heavy atom. The molecule has 0 N–H and O–H groups in total. The molecule has 0 bridgehead atoms. The molecule has 1 radical (unpaired) electrons. The third-order valence-electron chi connectivity index (χ3n) is 0.671. The van der Waals surface area contributed by atoms with Crippen LogP contribution in [0.1, 0.15) is 13.3 Å². The van der Waals surface area contributed by atoms with E-state index in [0.717, 1.165) is 0 Å². The van der Waals surface area contributed by atoms with E-state index in [4.69, 9.17) is 0 Å². The van der Waals surface area contributed by atoms with E-state index < -0.39 is 0 Å². The summed E-state index contributed by atoms with van der Waals surface area (Å²) >= 11 is 0. The summed E-state index contributed by atoms with van der Waals surface area (Å²) in [6.07, 6.45) is 1.26. The second kappa shape index (κ2) is 6.54. The zero-order valence-electron chi connectivity index (χ0n) is 5.31. The van der Waals surface area contributed by atoms with Gasteiger partial charge in [-0.2, -0.15) is 0 Å². The molecule has 0 saturated carbocycles. The van der Waals surface area contributed by atoms with Crippen LogP contribution in [-0.4, -0.2) is 25.5 Å². The van der Waals surface area contributed by atoms with Gasteiger partial charge in [0.15, 0.2) is 0 Å². The molecule has 0 aromatic carbocycles. The van der Waals surface area contributed by atoms with Crippen molar-refractivity contribution in [2.45, 2.75) is 13.3 Å². The van der Waals surface area contributed by atoms with Gasteiger partial charge in [0, 0.05) is 18.6 Å². The average molecular weight is 138 g/mol. The Bertz CT molecular complexity index is 29.3. The van der Waals surface area contributed by atoms with Gasteiger partial charge in [0.1, 0.15) is 0 Å². The summed E-state index contributed by atoms with van der Waals surface area (Å²) in [6, 6.07) is 0. The molecule has 0 fully saturated rings. The quantitative estimate of drug-likeness (QED) is 0.549. The number of nitrogens with zero attached hydrogens (tertiary/aromatic N) is 1. The molecule has 0 spiro atoms. The van der Waals surface area contributed by atoms with Gasteiger partial charge in [0.2, 0.25) is 0 Å². The van der Waals surface area contributed by atoms with E-state index in [9.17, 15) is 0 Å². The molecule has 0 aromatic heterocycles. The summed E-state index contributed by atoms with van der Waals surface area (Å²) in [5, 5.41) is 0. The van der Waals surface area contributed by atoms with Crippen LogP contribution in [0.25, 0.3) is 0 Å². The van der Waals surface area contributed by atoms with Gasteiger partial charge in [-0.25, -0.2) is 0 Å². The van der Waals surface area contributed by atoms with E-state index in [-0.39, 0.29) is 18.6 Å². The van der Waals surface area contributed by atoms with Gasteiger partial charge in [-0.15, -0.1) is 0 Å². The van der Waals surface area contributed by atoms with E-state index in [2.05, 4.69) is 25.9 Å². The SMILES string of the molecule is CCCN(C)C.[V]. The van der Waals surface area contributed by atoms with Gasteiger partial charge in [0.25, 0.3) is 0 Å². The first-order valence-corrected chi connectivity index (χ1v) is 2.42. The molecular weight excluding hydrogens is 125 g/mol. The van der Waals surface area contributed by atoms with Crippen LogP contribution in [0.5, 0.6) is 0 Å². The Balaban J connectivity index is 0. The molecule has 0 aliphatic carbocycles. The zero-order valence-corrected chi connectivity index (χ0v) is 6.71. The first-order valence-electron chi connectivity index (χ1n) is 2.42. The molecule has 2 heteroatoms. The van der Waals surface area contributed by atoms with Crippen LogP contribution in [0.4, 0.5) is 0 Å². The Hall–Kier alpha value is 0.544. The number of rotatable bonds is 2. The van der Waals surface area contributed by atoms with Crippen molar-refractivity contribution < 1.29 is 18.6 Å². The van der Waals surface area contributed by atoms with Crippen LogP contribution < -0.4 is 0 Å². The smallest absolute Gasteiger partial charge is 0 e. The molecule has 0 aliphatic rings. The molecule has 0 aromatic rings. The summed E-state index contributed by atoms with van der Waals surface area (Å²) in [5.74, 6) is 0. The van der Waals surface area contributed by atoms with Crippen molar-refractivity contribution in [3.63, 3.8) is 0 Å². The van der Waals surface area contributed by atoms with Crippen LogP contribution in [0.15, 0.2) is 0 Å². The standard InChI is InChI=1S/C5H13N.V/c1-4-5-6(2)3;/h4-5H2,1-3H3;. The van der Waals surface area contributed by atoms with Gasteiger partial charge < -0.3 is 4.90 Å². The maximum atomic E-state index is 2.18. The van der Waals surface area contributed by atoms with Crippen LogP contribution in [0.2, 0.25) is 0 Å². The van der Waals surface area contributed by atoms with E-state index in [1.54, 1.807) is 0 Å². The largest absolute Gasteiger partial charge is 0.309 e. The monoisotopic (exact) mass is 138 g/mol. The molecule has 0 heterocycles. The zero-order chi connectivity index (χ0) is 4.99. The van der Waals surface area contributed by atoms with Crippen LogP contribution in [0.3, 0.4) is 0 Å². The van der Waals surface area contributed by atoms with Gasteiger partial charge in [-0.3, -0.25) is 0 Å². The minimum atomic E-state index is 0. The van der Waals surface area contributed by atoms with Crippen molar-refractivity contribution in [2.75, 3.05) is 20.6 Å². The minimum Gasteiger partial charge on any atom is -0.309 e. The molecular formula is C5H13NV. The van der Waals surface area contributed by atoms with Crippen LogP contribution >= 0.6 is 0 Å². The van der Waals surface area contributed by atoms with E-state index in [1.807, 2.05) is 0 Å². The fourth-order valence-electron chi connectivity index (χ4n) is 0.447. The Morgan fingerprint density at radius 1 is 1.29 bits per heavy atom. The van der Waals surface area contributed by atoms with Crippen LogP contribution in [-0.2, 0) is 18.6 Å². The van der Waals surface area contributed by atoms with Crippen LogP contribution in [0, 0.1) is 0 Å². The topological polar surface area (TPSA) is 3.24 Å². The molecule has 7 heavy (non-hydrogen) atoms. The third kappa shape index (κ3) is 10.8. The van der Waals surface area contributed by atoms with E-state index in [1.165, 1.54) is 13.0 Å². The maximum absolute atomic E-state index is 2.18. The molecule has 0 rings (SSSR count). The second-order valence-corrected chi connectivity index (χ2v) is 1.80. The molecule has 43 valence electrons. The second-order valence-electron chi connectivity index (χ2n) is 1.80. The van der Waals surface area contributed by atoms with Crippen molar-refractivity contribution in [3.05, 3.63) is 0 Å². The van der Waals surface area contributed by atoms with Gasteiger partial charge >= 0.3 is 0 Å². The predicted octanol–water partition coefficient (Wildman–Crippen LogP) is 0.956. The molecule has 0 unspecified atom stereocenters. The molecule has 0 aliphatic heterocycles. The van der Waals surface area contributed by atoms with Gasteiger partial charge in [0.05, 0.1) is 0 Å². The maximum Gasteiger partial charge on any atom is 0 e. The summed E-state index contributed by atoms with van der Waals surface area (Å²) in [4.78, 5) is 2.18. The molecule has 1 nitrogen and oxygen atoms in total. The van der Waals surface area contributed by atoms with Crippen molar-refractivity contribution in [1.82, 2.24) is 4.90 Å². The van der Waals surface area contributed by atoms with Crippen molar-refractivity contribution in [1.29, 1.82) is 0 Å². The summed E-state index contributed by atoms with van der Waals surface area (Å²) < 4.78 is 0. The minimum absolute atomic E-state index is 0. The van der Waals surface area contributed by atoms with E-state index in [0.29, 0.717) is 0 Å².